The summed E-state index contributed by atoms with van der Waals surface area (Å²) in [6, 6.07) is 0. The molecule has 0 atom stereocenters. The average Bonchev–Trinajstić information content (AvgIpc) is 2.38. The number of hydrogen-bond donors (Lipinski definition) is 0. The molecule has 0 amide bonds. The molecule has 0 unspecified atom stereocenters. The van der Waals surface area contributed by atoms with Gasteiger partial charge in [-0.3, -0.25) is 4.90 Å². The first-order valence-corrected chi connectivity index (χ1v) is 5.95. The van der Waals surface area contributed by atoms with E-state index in [0.717, 1.165) is 44.9 Å². The van der Waals surface area contributed by atoms with Crippen molar-refractivity contribution in [1.29, 1.82) is 0 Å². The lowest BCUT2D eigenvalue weighted by Gasteiger charge is -2.31. The predicted octanol–water partition coefficient (Wildman–Crippen LogP) is -0.494. The minimum atomic E-state index is -0.564. The lowest BCUT2D eigenvalue weighted by atomic mass is 10.3. The number of rotatable bonds is 5. The monoisotopic (exact) mass is 256 g/mol. The number of likely N-dealkylation sites (N-methyl/N-ethyl adjacent to an activating group) is 1. The van der Waals surface area contributed by atoms with Crippen molar-refractivity contribution < 1.29 is 19.1 Å². The van der Waals surface area contributed by atoms with Gasteiger partial charge in [-0.15, -0.1) is 0 Å². The molecule has 6 heteroatoms. The third kappa shape index (κ3) is 5.79. The summed E-state index contributed by atoms with van der Waals surface area (Å²) in [5.74, 6) is -1.08. The molecular weight excluding hydrogens is 236 g/mol. The third-order valence-electron chi connectivity index (χ3n) is 2.80. The molecule has 0 aromatic rings. The Morgan fingerprint density at radius 3 is 2.33 bits per heavy atom. The number of methoxy groups -OCH3 is 1. The van der Waals surface area contributed by atoms with Crippen LogP contribution in [0.5, 0.6) is 0 Å². The van der Waals surface area contributed by atoms with Crippen molar-refractivity contribution in [3.63, 3.8) is 0 Å². The average molecular weight is 256 g/mol. The Balaban J connectivity index is 2.12. The van der Waals surface area contributed by atoms with Crippen LogP contribution >= 0.6 is 0 Å². The van der Waals surface area contributed by atoms with Gasteiger partial charge in [0, 0.05) is 44.9 Å². The molecule has 0 bridgehead atoms. The maximum Gasteiger partial charge on any atom is 0.331 e. The maximum absolute atomic E-state index is 11.2. The standard InChI is InChI=1S/C12H20N2O4/c1-13-5-7-14(8-6-13)9-10-18-12(16)4-3-11(15)17-2/h3-4H,5-10H2,1-2H3. The van der Waals surface area contributed by atoms with Gasteiger partial charge >= 0.3 is 11.9 Å². The molecule has 1 aliphatic heterocycles. The molecule has 1 fully saturated rings. The summed E-state index contributed by atoms with van der Waals surface area (Å²) in [6.07, 6.45) is 2.13. The fourth-order valence-electron chi connectivity index (χ4n) is 1.60. The molecule has 0 radical (unpaired) electrons. The van der Waals surface area contributed by atoms with Crippen LogP contribution < -0.4 is 0 Å². The Kier molecular flexibility index (Phi) is 6.38. The Morgan fingerprint density at radius 2 is 1.72 bits per heavy atom. The number of carbonyl (C=O) groups is 2. The van der Waals surface area contributed by atoms with Crippen LogP contribution in [0.3, 0.4) is 0 Å². The van der Waals surface area contributed by atoms with E-state index in [0.29, 0.717) is 6.61 Å². The Labute approximate surface area is 107 Å². The van der Waals surface area contributed by atoms with Crippen LogP contribution in [0, 0.1) is 0 Å². The molecular formula is C12H20N2O4. The maximum atomic E-state index is 11.2. The van der Waals surface area contributed by atoms with Gasteiger partial charge in [-0.25, -0.2) is 9.59 Å². The molecule has 1 aliphatic rings. The van der Waals surface area contributed by atoms with Crippen molar-refractivity contribution in [2.24, 2.45) is 0 Å². The summed E-state index contributed by atoms with van der Waals surface area (Å²) in [6.45, 7) is 5.13. The van der Waals surface area contributed by atoms with Crippen LogP contribution in [0.1, 0.15) is 0 Å². The van der Waals surface area contributed by atoms with Crippen LogP contribution in [0.4, 0.5) is 0 Å². The lowest BCUT2D eigenvalue weighted by molar-refractivity contribution is -0.139. The molecule has 1 rings (SSSR count). The van der Waals surface area contributed by atoms with E-state index in [-0.39, 0.29) is 0 Å². The van der Waals surface area contributed by atoms with Crippen molar-refractivity contribution in [2.75, 3.05) is 53.5 Å². The molecule has 0 N–H and O–H groups in total. The van der Waals surface area contributed by atoms with Crippen LogP contribution in [0.25, 0.3) is 0 Å². The second-order valence-electron chi connectivity index (χ2n) is 4.17. The van der Waals surface area contributed by atoms with Gasteiger partial charge in [-0.2, -0.15) is 0 Å². The van der Waals surface area contributed by atoms with Crippen molar-refractivity contribution in [3.05, 3.63) is 12.2 Å². The first-order valence-electron chi connectivity index (χ1n) is 5.95. The first kappa shape index (κ1) is 14.7. The smallest absolute Gasteiger partial charge is 0.331 e. The van der Waals surface area contributed by atoms with Gasteiger partial charge in [-0.1, -0.05) is 0 Å². The van der Waals surface area contributed by atoms with Crippen molar-refractivity contribution in [3.8, 4) is 0 Å². The molecule has 0 aliphatic carbocycles. The van der Waals surface area contributed by atoms with Gasteiger partial charge in [0.1, 0.15) is 6.61 Å². The summed E-state index contributed by atoms with van der Waals surface area (Å²) < 4.78 is 9.34. The Bertz CT molecular complexity index is 309. The highest BCUT2D eigenvalue weighted by Gasteiger charge is 2.13. The molecule has 0 aromatic carbocycles. The molecule has 1 heterocycles. The molecule has 18 heavy (non-hydrogen) atoms. The van der Waals surface area contributed by atoms with Gasteiger partial charge < -0.3 is 14.4 Å². The SMILES string of the molecule is COC(=O)C=CC(=O)OCCN1CCN(C)CC1. The van der Waals surface area contributed by atoms with E-state index in [1.807, 2.05) is 0 Å². The number of esters is 2. The van der Waals surface area contributed by atoms with Crippen LogP contribution in [-0.2, 0) is 19.1 Å². The van der Waals surface area contributed by atoms with E-state index < -0.39 is 11.9 Å². The van der Waals surface area contributed by atoms with Gasteiger partial charge in [0.05, 0.1) is 7.11 Å². The fraction of sp³-hybridized carbons (Fsp3) is 0.667. The topological polar surface area (TPSA) is 59.1 Å². The Morgan fingerprint density at radius 1 is 1.11 bits per heavy atom. The first-order chi connectivity index (χ1) is 8.61. The zero-order chi connectivity index (χ0) is 13.4. The van der Waals surface area contributed by atoms with E-state index in [2.05, 4.69) is 21.6 Å². The van der Waals surface area contributed by atoms with Gasteiger partial charge in [-0.05, 0) is 7.05 Å². The number of carbonyl (C=O) groups excluding carboxylic acids is 2. The van der Waals surface area contributed by atoms with Crippen molar-refractivity contribution >= 4 is 11.9 Å². The summed E-state index contributed by atoms with van der Waals surface area (Å²) in [5.41, 5.74) is 0. The summed E-state index contributed by atoms with van der Waals surface area (Å²) >= 11 is 0. The van der Waals surface area contributed by atoms with Gasteiger partial charge in [0.25, 0.3) is 0 Å². The zero-order valence-electron chi connectivity index (χ0n) is 10.9. The lowest BCUT2D eigenvalue weighted by Crippen LogP contribution is -2.45. The largest absolute Gasteiger partial charge is 0.466 e. The summed E-state index contributed by atoms with van der Waals surface area (Å²) in [5, 5.41) is 0. The number of piperazine rings is 1. The molecule has 102 valence electrons. The fourth-order valence-corrected chi connectivity index (χ4v) is 1.60. The Hall–Kier alpha value is -1.40. The molecule has 1 saturated heterocycles. The predicted molar refractivity (Wildman–Crippen MR) is 66.1 cm³/mol. The summed E-state index contributed by atoms with van der Waals surface area (Å²) in [7, 11) is 3.35. The second-order valence-corrected chi connectivity index (χ2v) is 4.17. The number of hydrogen-bond acceptors (Lipinski definition) is 6. The molecule has 0 spiro atoms. The molecule has 6 nitrogen and oxygen atoms in total. The molecule has 0 saturated carbocycles. The van der Waals surface area contributed by atoms with E-state index in [1.54, 1.807) is 0 Å². The summed E-state index contributed by atoms with van der Waals surface area (Å²) in [4.78, 5) is 26.5. The van der Waals surface area contributed by atoms with E-state index >= 15 is 0 Å². The number of ether oxygens (including phenoxy) is 2. The normalized spacial score (nSPS) is 17.9. The van der Waals surface area contributed by atoms with E-state index in [1.165, 1.54) is 7.11 Å². The highest BCUT2D eigenvalue weighted by molar-refractivity contribution is 5.91. The minimum absolute atomic E-state index is 0.341. The van der Waals surface area contributed by atoms with E-state index in [9.17, 15) is 9.59 Å². The van der Waals surface area contributed by atoms with Gasteiger partial charge in [0.2, 0.25) is 0 Å². The highest BCUT2D eigenvalue weighted by Crippen LogP contribution is 1.98. The van der Waals surface area contributed by atoms with Gasteiger partial charge in [0.15, 0.2) is 0 Å². The second kappa shape index (κ2) is 7.84. The van der Waals surface area contributed by atoms with Crippen molar-refractivity contribution in [1.82, 2.24) is 9.80 Å². The minimum Gasteiger partial charge on any atom is -0.466 e. The van der Waals surface area contributed by atoms with Crippen LogP contribution in [0.15, 0.2) is 12.2 Å². The number of nitrogens with zero attached hydrogens (tertiary/aromatic N) is 2. The van der Waals surface area contributed by atoms with Crippen molar-refractivity contribution in [2.45, 2.75) is 0 Å². The van der Waals surface area contributed by atoms with E-state index in [4.69, 9.17) is 4.74 Å². The highest BCUT2D eigenvalue weighted by atomic mass is 16.5. The zero-order valence-corrected chi connectivity index (χ0v) is 10.9. The van der Waals surface area contributed by atoms with Crippen LogP contribution in [-0.4, -0.2) is 75.2 Å². The molecule has 0 aromatic heterocycles. The quantitative estimate of drug-likeness (QED) is 0.488. The van der Waals surface area contributed by atoms with Crippen LogP contribution in [0.2, 0.25) is 0 Å². The third-order valence-corrected chi connectivity index (χ3v) is 2.80.